The number of amides is 9. The van der Waals surface area contributed by atoms with Crippen LogP contribution in [0.3, 0.4) is 0 Å². The summed E-state index contributed by atoms with van der Waals surface area (Å²) in [6.45, 7) is 14.0. The van der Waals surface area contributed by atoms with E-state index in [-0.39, 0.29) is 82.8 Å². The van der Waals surface area contributed by atoms with Gasteiger partial charge < -0.3 is 79.6 Å². The summed E-state index contributed by atoms with van der Waals surface area (Å²) in [6, 6.07) is -2.31. The van der Waals surface area contributed by atoms with Gasteiger partial charge in [0.2, 0.25) is 47.3 Å². The molecule has 16 N–H and O–H groups in total. The molecule has 1 aromatic rings. The van der Waals surface area contributed by atoms with Gasteiger partial charge in [0.05, 0.1) is 6.04 Å². The zero-order valence-electron chi connectivity index (χ0n) is 46.1. The van der Waals surface area contributed by atoms with Gasteiger partial charge in [0.25, 0.3) is 5.91 Å². The zero-order chi connectivity index (χ0) is 57.3. The molecule has 0 aromatic heterocycles. The minimum absolute atomic E-state index is 0.00997. The van der Waals surface area contributed by atoms with E-state index in [0.29, 0.717) is 12.0 Å². The highest BCUT2D eigenvalue weighted by molar-refractivity contribution is 5.98. The van der Waals surface area contributed by atoms with Gasteiger partial charge in [0, 0.05) is 19.5 Å². The minimum atomic E-state index is -1.75. The first-order chi connectivity index (χ1) is 36.4. The van der Waals surface area contributed by atoms with Crippen molar-refractivity contribution in [3.63, 3.8) is 0 Å². The van der Waals surface area contributed by atoms with E-state index >= 15 is 0 Å². The second-order valence-electron chi connectivity index (χ2n) is 22.2. The Kier molecular flexibility index (Phi) is 25.2. The van der Waals surface area contributed by atoms with Crippen LogP contribution >= 0.6 is 0 Å². The maximum atomic E-state index is 14.8. The van der Waals surface area contributed by atoms with Crippen molar-refractivity contribution < 1.29 is 58.1 Å². The lowest BCUT2D eigenvalue weighted by atomic mass is 9.92. The Morgan fingerprint density at radius 1 is 0.584 bits per heavy atom. The van der Waals surface area contributed by atoms with Crippen molar-refractivity contribution in [2.24, 2.45) is 40.9 Å². The third-order valence-corrected chi connectivity index (χ3v) is 14.1. The molecule has 432 valence electrons. The van der Waals surface area contributed by atoms with Crippen LogP contribution in [0.5, 0.6) is 0 Å². The number of fused-ring (bicyclic) bond motifs is 3. The van der Waals surface area contributed by atoms with E-state index in [9.17, 15) is 53.4 Å². The van der Waals surface area contributed by atoms with Gasteiger partial charge in [0.15, 0.2) is 6.10 Å². The number of ether oxygens (including phenoxy) is 1. The van der Waals surface area contributed by atoms with Gasteiger partial charge in [-0.05, 0) is 93.7 Å². The Morgan fingerprint density at radius 2 is 1.05 bits per heavy atom. The summed E-state index contributed by atoms with van der Waals surface area (Å²) >= 11 is 0. The molecule has 24 heteroatoms. The number of nitrogens with one attached hydrogen (secondary N) is 8. The molecule has 1 aromatic carbocycles. The molecule has 0 spiro atoms. The second-order valence-corrected chi connectivity index (χ2v) is 22.2. The van der Waals surface area contributed by atoms with Crippen molar-refractivity contribution in [3.05, 3.63) is 35.9 Å². The van der Waals surface area contributed by atoms with Gasteiger partial charge in [-0.2, -0.15) is 0 Å². The summed E-state index contributed by atoms with van der Waals surface area (Å²) in [5.74, 6) is -7.98. The van der Waals surface area contributed by atoms with E-state index < -0.39 is 150 Å². The normalized spacial score (nSPS) is 30.4. The Balaban J connectivity index is 1.80. The predicted molar refractivity (Wildman–Crippen MR) is 285 cm³/mol. The molecule has 13 atom stereocenters. The topological polar surface area (TPSA) is 381 Å². The van der Waals surface area contributed by atoms with Crippen LogP contribution in [-0.4, -0.2) is 173 Å². The summed E-state index contributed by atoms with van der Waals surface area (Å²) < 4.78 is 5.95. The Labute approximate surface area is 452 Å². The molecular weight excluding hydrogens is 997 g/mol. The molecule has 0 saturated carbocycles. The average molecular weight is 1090 g/mol. The summed E-state index contributed by atoms with van der Waals surface area (Å²) in [5.41, 5.74) is 18.7. The van der Waals surface area contributed by atoms with E-state index in [2.05, 4.69) is 42.5 Å². The lowest BCUT2D eigenvalue weighted by molar-refractivity contribution is -0.185. The molecule has 77 heavy (non-hydrogen) atoms. The highest BCUT2D eigenvalue weighted by Gasteiger charge is 2.47. The molecule has 3 saturated heterocycles. The number of aliphatic hydroxyl groups excluding tert-OH is 2. The van der Waals surface area contributed by atoms with Crippen molar-refractivity contribution in [1.82, 2.24) is 47.4 Å². The van der Waals surface area contributed by atoms with Crippen molar-refractivity contribution in [2.75, 3.05) is 26.2 Å². The first-order valence-corrected chi connectivity index (χ1v) is 27.3. The minimum Gasteiger partial charge on any atom is -0.389 e. The van der Waals surface area contributed by atoms with Crippen molar-refractivity contribution in [1.29, 1.82) is 0 Å². The fraction of sp³-hybridized carbons (Fsp3) is 0.717. The summed E-state index contributed by atoms with van der Waals surface area (Å²) in [6.07, 6.45) is -5.00. The predicted octanol–water partition coefficient (Wildman–Crippen LogP) is -2.56. The number of benzene rings is 1. The molecule has 3 aliphatic rings. The number of hydrogen-bond donors (Lipinski definition) is 13. The van der Waals surface area contributed by atoms with E-state index in [4.69, 9.17) is 21.9 Å². The largest absolute Gasteiger partial charge is 0.389 e. The lowest BCUT2D eigenvalue weighted by Gasteiger charge is -2.41. The quantitative estimate of drug-likeness (QED) is 0.0912. The van der Waals surface area contributed by atoms with Gasteiger partial charge in [0.1, 0.15) is 66.6 Å². The smallest absolute Gasteiger partial charge is 0.251 e. The summed E-state index contributed by atoms with van der Waals surface area (Å²) in [7, 11) is 0. The molecule has 0 unspecified atom stereocenters. The average Bonchev–Trinajstić information content (AvgIpc) is 3.87. The molecular formula is C53H88N12O12. The molecule has 9 amide bonds. The van der Waals surface area contributed by atoms with Crippen LogP contribution in [0, 0.1) is 23.7 Å². The maximum Gasteiger partial charge on any atom is 0.251 e. The third-order valence-electron chi connectivity index (χ3n) is 14.1. The van der Waals surface area contributed by atoms with Crippen LogP contribution in [0.2, 0.25) is 0 Å². The van der Waals surface area contributed by atoms with Gasteiger partial charge in [-0.15, -0.1) is 0 Å². The number of carbonyl (C=O) groups excluding carboxylic acids is 9. The molecule has 24 nitrogen and oxygen atoms in total. The van der Waals surface area contributed by atoms with E-state index in [0.717, 1.165) is 0 Å². The van der Waals surface area contributed by atoms with Crippen LogP contribution < -0.4 is 59.7 Å². The summed E-state index contributed by atoms with van der Waals surface area (Å²) in [5, 5.41) is 44.1. The van der Waals surface area contributed by atoms with Gasteiger partial charge in [-0.3, -0.25) is 43.2 Å². The lowest BCUT2D eigenvalue weighted by Crippen LogP contribution is -2.68. The molecule has 4 rings (SSSR count). The first-order valence-electron chi connectivity index (χ1n) is 27.3. The summed E-state index contributed by atoms with van der Waals surface area (Å²) in [4.78, 5) is 130. The fourth-order valence-corrected chi connectivity index (χ4v) is 9.75. The van der Waals surface area contributed by atoms with Gasteiger partial charge >= 0.3 is 0 Å². The SMILES string of the molecule is CC(C)C[C@H]1NC(=O)[C@H](CCCN)NC(=O)[C@@H](C(C)C)NC(=O)[C@@H]2O[C@H](CNC(=O)[C@@H](CC(C)C)NC(=O)[C@@H](CCCN)NC(=O)[C@@H](C(C)C)NC(=O)[C@@H]3CCCN3C(=O)[C@H](Cc3ccccc3)NC1=O)[C@@H](O)[C@H](O)[C@H]2N. The maximum absolute atomic E-state index is 14.8. The standard InChI is InChI=1S/C53H88N12O12/c1-27(2)23-34-45(68)57-26-38-42(66)43(67)39(56)44(77-38)52(75)64-41(30(7)8)51(74)59-33(18-13-21-55)47(70)61-35(24-28(3)4)48(71)62-36(25-31-15-10-9-11-16-31)53(76)65-22-14-19-37(65)49(72)63-40(29(5)6)50(73)58-32(17-12-20-54)46(69)60-34/h9-11,15-16,27-30,32-44,66-67H,12-14,17-26,54-56H2,1-8H3,(H,57,68)(H,58,73)(H,59,74)(H,60,69)(H,61,70)(H,62,71)(H,63,72)(H,64,75)/t32-,33+,34-,35-,36+,37+,38-,39-,40-,41-,42-,43-,44-/m1/s1. The number of hydrogen-bond acceptors (Lipinski definition) is 15. The molecule has 0 aliphatic carbocycles. The molecule has 3 fully saturated rings. The van der Waals surface area contributed by atoms with Gasteiger partial charge in [-0.25, -0.2) is 0 Å². The van der Waals surface area contributed by atoms with Crippen LogP contribution in [0.1, 0.15) is 112 Å². The monoisotopic (exact) mass is 1080 g/mol. The van der Waals surface area contributed by atoms with Crippen molar-refractivity contribution in [3.8, 4) is 0 Å². The zero-order valence-corrected chi connectivity index (χ0v) is 46.1. The van der Waals surface area contributed by atoms with Crippen molar-refractivity contribution in [2.45, 2.75) is 192 Å². The van der Waals surface area contributed by atoms with Crippen LogP contribution in [-0.2, 0) is 54.3 Å². The molecule has 3 heterocycles. The van der Waals surface area contributed by atoms with E-state index in [1.54, 1.807) is 58.0 Å². The van der Waals surface area contributed by atoms with E-state index in [1.807, 2.05) is 27.7 Å². The highest BCUT2D eigenvalue weighted by Crippen LogP contribution is 2.23. The van der Waals surface area contributed by atoms with Crippen LogP contribution in [0.15, 0.2) is 30.3 Å². The second kappa shape index (κ2) is 30.4. The first kappa shape index (κ1) is 63.7. The molecule has 0 radical (unpaired) electrons. The Bertz CT molecular complexity index is 2170. The molecule has 3 aliphatic heterocycles. The van der Waals surface area contributed by atoms with Gasteiger partial charge in [-0.1, -0.05) is 85.7 Å². The number of carbonyl (C=O) groups is 9. The van der Waals surface area contributed by atoms with E-state index in [1.165, 1.54) is 4.90 Å². The third kappa shape index (κ3) is 18.4. The Morgan fingerprint density at radius 3 is 1.55 bits per heavy atom. The Hall–Kier alpha value is -5.79. The van der Waals surface area contributed by atoms with Crippen molar-refractivity contribution >= 4 is 53.2 Å². The number of aliphatic hydroxyl groups is 2. The van der Waals surface area contributed by atoms with Crippen LogP contribution in [0.4, 0.5) is 0 Å². The number of nitrogens with zero attached hydrogens (tertiary/aromatic N) is 1. The number of nitrogens with two attached hydrogens (primary N) is 3. The highest BCUT2D eigenvalue weighted by atomic mass is 16.5. The molecule has 2 bridgehead atoms. The number of rotatable bonds is 14. The fourth-order valence-electron chi connectivity index (χ4n) is 9.75. The van der Waals surface area contributed by atoms with Crippen LogP contribution in [0.25, 0.3) is 0 Å².